The Bertz CT molecular complexity index is 1300. The van der Waals surface area contributed by atoms with Gasteiger partial charge in [0.15, 0.2) is 5.65 Å². The summed E-state index contributed by atoms with van der Waals surface area (Å²) < 4.78 is 0. The lowest BCUT2D eigenvalue weighted by Gasteiger charge is -2.42. The van der Waals surface area contributed by atoms with Crippen molar-refractivity contribution in [3.05, 3.63) is 78.1 Å². The zero-order valence-corrected chi connectivity index (χ0v) is 17.7. The molecule has 0 bridgehead atoms. The fourth-order valence-corrected chi connectivity index (χ4v) is 5.22. The van der Waals surface area contributed by atoms with Crippen molar-refractivity contribution in [1.82, 2.24) is 30.1 Å². The molecule has 1 spiro atoms. The molecule has 4 heterocycles. The van der Waals surface area contributed by atoms with Crippen LogP contribution in [0.1, 0.15) is 41.4 Å². The molecular formula is C24H24N8. The summed E-state index contributed by atoms with van der Waals surface area (Å²) in [6.45, 7) is 5.94. The number of hydrogen-bond donors (Lipinski definition) is 2. The number of nitrogens with zero attached hydrogens (tertiary/aromatic N) is 6. The van der Waals surface area contributed by atoms with Crippen molar-refractivity contribution in [2.24, 2.45) is 11.1 Å². The van der Waals surface area contributed by atoms with E-state index in [1.165, 1.54) is 11.1 Å². The Kier molecular flexibility index (Phi) is 4.29. The third-order valence-corrected chi connectivity index (χ3v) is 7.09. The van der Waals surface area contributed by atoms with Gasteiger partial charge in [-0.3, -0.25) is 15.1 Å². The number of anilines is 1. The zero-order chi connectivity index (χ0) is 21.7. The molecule has 1 aliphatic heterocycles. The maximum absolute atomic E-state index is 6.72. The molecule has 0 radical (unpaired) electrons. The van der Waals surface area contributed by atoms with Crippen molar-refractivity contribution < 1.29 is 0 Å². The largest absolute Gasteiger partial charge is 0.355 e. The van der Waals surface area contributed by atoms with Gasteiger partial charge < -0.3 is 10.6 Å². The lowest BCUT2D eigenvalue weighted by Crippen LogP contribution is -2.44. The van der Waals surface area contributed by atoms with E-state index < -0.39 is 0 Å². The molecule has 8 nitrogen and oxygen atoms in total. The van der Waals surface area contributed by atoms with Crippen LogP contribution >= 0.6 is 0 Å². The Hall–Kier alpha value is -3.65. The molecule has 1 atom stereocenters. The summed E-state index contributed by atoms with van der Waals surface area (Å²) in [5.74, 6) is 0.858. The minimum Gasteiger partial charge on any atom is -0.355 e. The molecule has 0 unspecified atom stereocenters. The van der Waals surface area contributed by atoms with Gasteiger partial charge in [-0.1, -0.05) is 30.8 Å². The van der Waals surface area contributed by atoms with Crippen molar-refractivity contribution in [3.8, 4) is 0 Å². The average Bonchev–Trinajstić information content (AvgIpc) is 3.38. The van der Waals surface area contributed by atoms with Gasteiger partial charge in [0.2, 0.25) is 0 Å². The van der Waals surface area contributed by atoms with Crippen LogP contribution in [0.4, 0.5) is 5.82 Å². The third-order valence-electron chi connectivity index (χ3n) is 7.09. The highest BCUT2D eigenvalue weighted by atomic mass is 15.2. The summed E-state index contributed by atoms with van der Waals surface area (Å²) in [4.78, 5) is 20.2. The number of rotatable bonds is 3. The highest BCUT2D eigenvalue weighted by molar-refractivity contribution is 5.89. The Morgan fingerprint density at radius 2 is 1.97 bits per heavy atom. The maximum atomic E-state index is 6.72. The predicted octanol–water partition coefficient (Wildman–Crippen LogP) is 3.05. The average molecular weight is 425 g/mol. The van der Waals surface area contributed by atoms with E-state index >= 15 is 0 Å². The number of H-pyrrole nitrogens is 1. The van der Waals surface area contributed by atoms with Crippen LogP contribution in [-0.4, -0.2) is 43.2 Å². The number of piperidine rings is 1. The minimum absolute atomic E-state index is 0.108. The van der Waals surface area contributed by atoms with Crippen LogP contribution in [0.2, 0.25) is 0 Å². The van der Waals surface area contributed by atoms with Crippen molar-refractivity contribution in [2.45, 2.75) is 25.3 Å². The van der Waals surface area contributed by atoms with E-state index in [2.05, 4.69) is 60.9 Å². The molecule has 0 amide bonds. The summed E-state index contributed by atoms with van der Waals surface area (Å²) >= 11 is 0. The van der Waals surface area contributed by atoms with E-state index in [1.54, 1.807) is 18.6 Å². The second-order valence-electron chi connectivity index (χ2n) is 8.77. The van der Waals surface area contributed by atoms with E-state index in [4.69, 9.17) is 10.7 Å². The highest BCUT2D eigenvalue weighted by Gasteiger charge is 2.45. The van der Waals surface area contributed by atoms with Gasteiger partial charge in [-0.05, 0) is 35.8 Å². The van der Waals surface area contributed by atoms with Gasteiger partial charge >= 0.3 is 0 Å². The van der Waals surface area contributed by atoms with Crippen LogP contribution < -0.4 is 10.6 Å². The molecule has 4 aromatic rings. The Morgan fingerprint density at radius 1 is 1.12 bits per heavy atom. The van der Waals surface area contributed by atoms with E-state index in [0.29, 0.717) is 28.1 Å². The summed E-state index contributed by atoms with van der Waals surface area (Å²) in [6.07, 6.45) is 9.91. The molecule has 32 heavy (non-hydrogen) atoms. The van der Waals surface area contributed by atoms with Gasteiger partial charge in [-0.15, -0.1) is 0 Å². The molecule has 6 rings (SSSR count). The summed E-state index contributed by atoms with van der Waals surface area (Å²) in [7, 11) is 0. The Morgan fingerprint density at radius 3 is 2.75 bits per heavy atom. The molecule has 1 aromatic carbocycles. The first-order chi connectivity index (χ1) is 15.6. The fraction of sp³-hybridized carbons (Fsp3) is 0.292. The lowest BCUT2D eigenvalue weighted by atomic mass is 9.73. The van der Waals surface area contributed by atoms with Crippen LogP contribution in [0, 0.1) is 5.41 Å². The molecule has 3 N–H and O–H groups in total. The van der Waals surface area contributed by atoms with Crippen molar-refractivity contribution in [3.63, 3.8) is 0 Å². The second kappa shape index (κ2) is 7.20. The lowest BCUT2D eigenvalue weighted by molar-refractivity contribution is 0.187. The quantitative estimate of drug-likeness (QED) is 0.520. The van der Waals surface area contributed by atoms with Crippen molar-refractivity contribution in [2.75, 3.05) is 18.0 Å². The first kappa shape index (κ1) is 19.1. The number of hydrogen-bond acceptors (Lipinski definition) is 7. The first-order valence-corrected chi connectivity index (χ1v) is 10.9. The summed E-state index contributed by atoms with van der Waals surface area (Å²) in [6, 6.07) is 8.72. The van der Waals surface area contributed by atoms with Crippen LogP contribution in [0.3, 0.4) is 0 Å². The van der Waals surface area contributed by atoms with Gasteiger partial charge in [0, 0.05) is 37.1 Å². The van der Waals surface area contributed by atoms with Gasteiger partial charge in [0.25, 0.3) is 0 Å². The van der Waals surface area contributed by atoms with E-state index in [1.807, 2.05) is 6.20 Å². The molecule has 8 heteroatoms. The predicted molar refractivity (Wildman–Crippen MR) is 123 cm³/mol. The molecule has 1 fully saturated rings. The first-order valence-electron chi connectivity index (χ1n) is 10.9. The van der Waals surface area contributed by atoms with Gasteiger partial charge in [0.05, 0.1) is 18.1 Å². The highest BCUT2D eigenvalue weighted by Crippen LogP contribution is 2.50. The number of benzene rings is 1. The summed E-state index contributed by atoms with van der Waals surface area (Å²) in [5, 5.41) is 7.40. The van der Waals surface area contributed by atoms with Gasteiger partial charge in [-0.25, -0.2) is 9.97 Å². The van der Waals surface area contributed by atoms with Crippen molar-refractivity contribution >= 4 is 22.6 Å². The molecule has 1 saturated heterocycles. The molecule has 2 aliphatic rings. The smallest absolute Gasteiger partial charge is 0.177 e. The normalized spacial score (nSPS) is 19.4. The standard InChI is InChI=1S/C24H24N8/c1-15(18-13-26-8-9-27-18)20-21-23(31-30-20)29-19(14-28-21)32-10-6-24(7-11-32)12-16-4-2-3-5-17(16)22(24)25/h2-5,8-9,13-14,22H,1,6-7,10-12,25H2,(H,29,30,31)/t22-/m1/s1. The Labute approximate surface area is 185 Å². The number of nitrogens with one attached hydrogen (secondary N) is 1. The van der Waals surface area contributed by atoms with E-state index in [9.17, 15) is 0 Å². The SMILES string of the molecule is C=C(c1cnccn1)c1n[nH]c2nc(N3CCC4(CC3)Cc3ccccc3[C@H]4N)cnc12. The second-order valence-corrected chi connectivity index (χ2v) is 8.77. The van der Waals surface area contributed by atoms with E-state index in [-0.39, 0.29) is 11.5 Å². The molecule has 3 aromatic heterocycles. The van der Waals surface area contributed by atoms with Crippen LogP contribution in [0.25, 0.3) is 16.7 Å². The molecular weight excluding hydrogens is 400 g/mol. The van der Waals surface area contributed by atoms with E-state index in [0.717, 1.165) is 38.2 Å². The van der Waals surface area contributed by atoms with Crippen LogP contribution in [-0.2, 0) is 6.42 Å². The number of nitrogens with two attached hydrogens (primary N) is 1. The molecule has 160 valence electrons. The Balaban J connectivity index is 1.22. The zero-order valence-electron chi connectivity index (χ0n) is 17.7. The van der Waals surface area contributed by atoms with Crippen LogP contribution in [0.15, 0.2) is 55.6 Å². The fourth-order valence-electron chi connectivity index (χ4n) is 5.22. The molecule has 1 aliphatic carbocycles. The number of fused-ring (bicyclic) bond motifs is 2. The third kappa shape index (κ3) is 2.90. The van der Waals surface area contributed by atoms with Gasteiger partial charge in [0.1, 0.15) is 17.0 Å². The van der Waals surface area contributed by atoms with Crippen molar-refractivity contribution in [1.29, 1.82) is 0 Å². The van der Waals surface area contributed by atoms with Gasteiger partial charge in [-0.2, -0.15) is 5.10 Å². The van der Waals surface area contributed by atoms with Crippen LogP contribution in [0.5, 0.6) is 0 Å². The topological polar surface area (TPSA) is 109 Å². The molecule has 0 saturated carbocycles. The maximum Gasteiger partial charge on any atom is 0.177 e. The number of aromatic nitrogens is 6. The summed E-state index contributed by atoms with van der Waals surface area (Å²) in [5.41, 5.74) is 12.9. The monoisotopic (exact) mass is 424 g/mol. The minimum atomic E-state index is 0.108. The number of aromatic amines is 1.